The SMILES string of the molecule is COc1nc(OCC(F)(F)F)ccc1CN(C)C(=O)c1ccnc(CC(C)=O)c1. The van der Waals surface area contributed by atoms with E-state index in [2.05, 4.69) is 14.7 Å². The first-order valence-electron chi connectivity index (χ1n) is 8.52. The number of halogens is 3. The van der Waals surface area contributed by atoms with Crippen LogP contribution in [0.1, 0.15) is 28.5 Å². The van der Waals surface area contributed by atoms with Gasteiger partial charge in [0.15, 0.2) is 6.61 Å². The molecular formula is C19H20F3N3O4. The van der Waals surface area contributed by atoms with Gasteiger partial charge in [0, 0.05) is 42.6 Å². The highest BCUT2D eigenvalue weighted by Crippen LogP contribution is 2.23. The van der Waals surface area contributed by atoms with Crippen molar-refractivity contribution in [3.8, 4) is 11.8 Å². The van der Waals surface area contributed by atoms with E-state index in [0.29, 0.717) is 16.8 Å². The summed E-state index contributed by atoms with van der Waals surface area (Å²) >= 11 is 0. The smallest absolute Gasteiger partial charge is 0.422 e. The highest BCUT2D eigenvalue weighted by molar-refractivity contribution is 5.94. The normalized spacial score (nSPS) is 11.1. The first-order chi connectivity index (χ1) is 13.6. The summed E-state index contributed by atoms with van der Waals surface area (Å²) in [4.78, 5) is 33.3. The lowest BCUT2D eigenvalue weighted by Gasteiger charge is -2.19. The summed E-state index contributed by atoms with van der Waals surface area (Å²) in [5.41, 5.74) is 1.33. The van der Waals surface area contributed by atoms with Crippen LogP contribution in [-0.4, -0.2) is 53.5 Å². The Bertz CT molecular complexity index is 887. The zero-order chi connectivity index (χ0) is 21.6. The summed E-state index contributed by atoms with van der Waals surface area (Å²) in [5.74, 6) is -0.577. The van der Waals surface area contributed by atoms with Crippen molar-refractivity contribution in [3.05, 3.63) is 47.3 Å². The van der Waals surface area contributed by atoms with E-state index in [9.17, 15) is 22.8 Å². The number of ether oxygens (including phenoxy) is 2. The predicted octanol–water partition coefficient (Wildman–Crippen LogP) is 2.83. The Morgan fingerprint density at radius 3 is 2.55 bits per heavy atom. The number of aromatic nitrogens is 2. The molecule has 0 fully saturated rings. The van der Waals surface area contributed by atoms with Gasteiger partial charge in [-0.25, -0.2) is 0 Å². The zero-order valence-electron chi connectivity index (χ0n) is 16.1. The van der Waals surface area contributed by atoms with E-state index in [1.54, 1.807) is 13.1 Å². The van der Waals surface area contributed by atoms with Crippen molar-refractivity contribution in [2.45, 2.75) is 26.1 Å². The van der Waals surface area contributed by atoms with Gasteiger partial charge in [0.2, 0.25) is 11.8 Å². The molecule has 156 valence electrons. The fraction of sp³-hybridized carbons (Fsp3) is 0.368. The monoisotopic (exact) mass is 411 g/mol. The van der Waals surface area contributed by atoms with Crippen molar-refractivity contribution in [1.82, 2.24) is 14.9 Å². The Morgan fingerprint density at radius 1 is 1.21 bits per heavy atom. The number of amides is 1. The number of Topliss-reactive ketones (excluding diaryl/α,β-unsaturated/α-hetero) is 1. The van der Waals surface area contributed by atoms with E-state index in [1.807, 2.05) is 0 Å². The number of pyridine rings is 2. The Balaban J connectivity index is 2.12. The van der Waals surface area contributed by atoms with Gasteiger partial charge in [-0.3, -0.25) is 14.6 Å². The Labute approximate surface area is 165 Å². The van der Waals surface area contributed by atoms with E-state index >= 15 is 0 Å². The molecule has 2 aromatic heterocycles. The van der Waals surface area contributed by atoms with E-state index < -0.39 is 12.8 Å². The molecule has 0 bridgehead atoms. The molecule has 2 aromatic rings. The van der Waals surface area contributed by atoms with Crippen LogP contribution in [0.5, 0.6) is 11.8 Å². The molecule has 0 aliphatic heterocycles. The van der Waals surface area contributed by atoms with E-state index in [0.717, 1.165) is 0 Å². The molecule has 1 amide bonds. The highest BCUT2D eigenvalue weighted by atomic mass is 19.4. The van der Waals surface area contributed by atoms with Gasteiger partial charge < -0.3 is 14.4 Å². The van der Waals surface area contributed by atoms with Crippen molar-refractivity contribution in [3.63, 3.8) is 0 Å². The summed E-state index contributed by atoms with van der Waals surface area (Å²) in [5, 5.41) is 0. The number of hydrogen-bond acceptors (Lipinski definition) is 6. The Morgan fingerprint density at radius 2 is 1.93 bits per heavy atom. The molecule has 0 aliphatic carbocycles. The maximum absolute atomic E-state index is 12.7. The van der Waals surface area contributed by atoms with Crippen molar-refractivity contribution in [2.75, 3.05) is 20.8 Å². The van der Waals surface area contributed by atoms with Gasteiger partial charge in [0.05, 0.1) is 13.7 Å². The molecular weight excluding hydrogens is 391 g/mol. The fourth-order valence-corrected chi connectivity index (χ4v) is 2.50. The van der Waals surface area contributed by atoms with Gasteiger partial charge in [-0.1, -0.05) is 0 Å². The molecule has 0 spiro atoms. The van der Waals surface area contributed by atoms with Crippen molar-refractivity contribution >= 4 is 11.7 Å². The topological polar surface area (TPSA) is 81.6 Å². The molecule has 0 saturated heterocycles. The molecule has 0 aliphatic rings. The summed E-state index contributed by atoms with van der Waals surface area (Å²) in [6, 6.07) is 5.84. The number of carbonyl (C=O) groups is 2. The molecule has 0 unspecified atom stereocenters. The number of methoxy groups -OCH3 is 1. The van der Waals surface area contributed by atoms with Crippen LogP contribution >= 0.6 is 0 Å². The van der Waals surface area contributed by atoms with Crippen LogP contribution < -0.4 is 9.47 Å². The van der Waals surface area contributed by atoms with Gasteiger partial charge >= 0.3 is 6.18 Å². The van der Waals surface area contributed by atoms with Crippen LogP contribution in [0.2, 0.25) is 0 Å². The summed E-state index contributed by atoms with van der Waals surface area (Å²) < 4.78 is 46.5. The van der Waals surface area contributed by atoms with E-state index in [1.165, 1.54) is 43.3 Å². The molecule has 0 saturated carbocycles. The quantitative estimate of drug-likeness (QED) is 0.665. The van der Waals surface area contributed by atoms with Crippen LogP contribution in [-0.2, 0) is 17.8 Å². The number of hydrogen-bond donors (Lipinski definition) is 0. The summed E-state index contributed by atoms with van der Waals surface area (Å²) in [6.45, 7) is 0.0636. The molecule has 2 rings (SSSR count). The van der Waals surface area contributed by atoms with Crippen LogP contribution in [0.3, 0.4) is 0 Å². The van der Waals surface area contributed by atoms with Gasteiger partial charge in [0.25, 0.3) is 5.91 Å². The summed E-state index contributed by atoms with van der Waals surface area (Å²) in [6.07, 6.45) is -2.90. The maximum Gasteiger partial charge on any atom is 0.422 e. The van der Waals surface area contributed by atoms with Crippen LogP contribution in [0, 0.1) is 0 Å². The fourth-order valence-electron chi connectivity index (χ4n) is 2.50. The Kier molecular flexibility index (Phi) is 7.13. The second kappa shape index (κ2) is 9.35. The van der Waals surface area contributed by atoms with Gasteiger partial charge in [0.1, 0.15) is 5.78 Å². The average molecular weight is 411 g/mol. The number of carbonyl (C=O) groups excluding carboxylic acids is 2. The lowest BCUT2D eigenvalue weighted by Crippen LogP contribution is -2.27. The second-order valence-corrected chi connectivity index (χ2v) is 6.30. The molecule has 0 radical (unpaired) electrons. The summed E-state index contributed by atoms with van der Waals surface area (Å²) in [7, 11) is 2.87. The Hall–Kier alpha value is -3.17. The lowest BCUT2D eigenvalue weighted by molar-refractivity contribution is -0.154. The highest BCUT2D eigenvalue weighted by Gasteiger charge is 2.29. The van der Waals surface area contributed by atoms with Gasteiger partial charge in [-0.05, 0) is 25.1 Å². The van der Waals surface area contributed by atoms with Crippen LogP contribution in [0.25, 0.3) is 0 Å². The number of nitrogens with zero attached hydrogens (tertiary/aromatic N) is 3. The number of rotatable bonds is 8. The third-order valence-electron chi connectivity index (χ3n) is 3.74. The third-order valence-corrected chi connectivity index (χ3v) is 3.74. The maximum atomic E-state index is 12.7. The minimum Gasteiger partial charge on any atom is -0.481 e. The number of ketones is 1. The first kappa shape index (κ1) is 22.1. The minimum absolute atomic E-state index is 0.0521. The molecule has 0 atom stereocenters. The second-order valence-electron chi connectivity index (χ2n) is 6.30. The largest absolute Gasteiger partial charge is 0.481 e. The van der Waals surface area contributed by atoms with Gasteiger partial charge in [-0.15, -0.1) is 0 Å². The van der Waals surface area contributed by atoms with Crippen LogP contribution in [0.4, 0.5) is 13.2 Å². The molecule has 0 N–H and O–H groups in total. The lowest BCUT2D eigenvalue weighted by atomic mass is 10.1. The molecule has 29 heavy (non-hydrogen) atoms. The van der Waals surface area contributed by atoms with E-state index in [-0.39, 0.29) is 36.4 Å². The number of alkyl halides is 3. The van der Waals surface area contributed by atoms with Crippen LogP contribution in [0.15, 0.2) is 30.5 Å². The zero-order valence-corrected chi connectivity index (χ0v) is 16.1. The van der Waals surface area contributed by atoms with Crippen molar-refractivity contribution < 1.29 is 32.2 Å². The predicted molar refractivity (Wildman–Crippen MR) is 96.8 cm³/mol. The third kappa shape index (κ3) is 6.74. The van der Waals surface area contributed by atoms with E-state index in [4.69, 9.17) is 4.74 Å². The van der Waals surface area contributed by atoms with Crippen molar-refractivity contribution in [2.24, 2.45) is 0 Å². The first-order valence-corrected chi connectivity index (χ1v) is 8.52. The molecule has 7 nitrogen and oxygen atoms in total. The standard InChI is InChI=1S/C19H20F3N3O4/c1-12(26)8-15-9-13(6-7-23-15)18(27)25(2)10-14-4-5-16(24-17(14)28-3)29-11-19(20,21)22/h4-7,9H,8,10-11H2,1-3H3. The van der Waals surface area contributed by atoms with Crippen molar-refractivity contribution in [1.29, 1.82) is 0 Å². The molecule has 10 heteroatoms. The molecule has 2 heterocycles. The molecule has 0 aromatic carbocycles. The minimum atomic E-state index is -4.48. The van der Waals surface area contributed by atoms with Gasteiger partial charge in [-0.2, -0.15) is 18.2 Å². The average Bonchev–Trinajstić information content (AvgIpc) is 2.65.